The summed E-state index contributed by atoms with van der Waals surface area (Å²) >= 11 is 0. The van der Waals surface area contributed by atoms with Crippen molar-refractivity contribution in [2.24, 2.45) is 5.92 Å². The Bertz CT molecular complexity index is 1090. The Labute approximate surface area is 188 Å². The summed E-state index contributed by atoms with van der Waals surface area (Å²) in [5.41, 5.74) is 3.62. The van der Waals surface area contributed by atoms with Crippen molar-refractivity contribution < 1.29 is 9.59 Å². The van der Waals surface area contributed by atoms with Gasteiger partial charge in [0.2, 0.25) is 0 Å². The van der Waals surface area contributed by atoms with E-state index < -0.39 is 0 Å². The molecule has 6 heteroatoms. The number of aryl methyl sites for hydroxylation is 1. The van der Waals surface area contributed by atoms with Crippen LogP contribution in [-0.2, 0) is 0 Å². The number of nitrogens with one attached hydrogen (secondary N) is 1. The molecule has 0 bridgehead atoms. The SMILES string of the molecule is CCC1CCN(C(=O)c2ccc(-c3cnc(C)c(C(=O)Nc4ccccc4)n3)cc2)CC1. The lowest BCUT2D eigenvalue weighted by molar-refractivity contribution is 0.0688. The Balaban J connectivity index is 1.49. The lowest BCUT2D eigenvalue weighted by Gasteiger charge is -2.31. The highest BCUT2D eigenvalue weighted by Crippen LogP contribution is 2.23. The largest absolute Gasteiger partial charge is 0.339 e. The van der Waals surface area contributed by atoms with Crippen LogP contribution in [0.5, 0.6) is 0 Å². The number of likely N-dealkylation sites (tertiary alicyclic amines) is 1. The van der Waals surface area contributed by atoms with E-state index in [1.807, 2.05) is 59.5 Å². The van der Waals surface area contributed by atoms with Gasteiger partial charge in [-0.05, 0) is 49.9 Å². The van der Waals surface area contributed by atoms with Gasteiger partial charge in [-0.15, -0.1) is 0 Å². The van der Waals surface area contributed by atoms with Crippen LogP contribution in [-0.4, -0.2) is 39.8 Å². The standard InChI is InChI=1S/C26H28N4O2/c1-3-19-13-15-30(16-14-19)26(32)21-11-9-20(10-12-21)23-17-27-18(2)24(29-23)25(31)28-22-7-5-4-6-8-22/h4-12,17,19H,3,13-16H2,1-2H3,(H,28,31). The second-order valence-electron chi connectivity index (χ2n) is 8.23. The first-order chi connectivity index (χ1) is 15.5. The van der Waals surface area contributed by atoms with Crippen LogP contribution in [0.2, 0.25) is 0 Å². The van der Waals surface area contributed by atoms with Crippen molar-refractivity contribution in [2.45, 2.75) is 33.1 Å². The van der Waals surface area contributed by atoms with Gasteiger partial charge in [-0.2, -0.15) is 0 Å². The number of rotatable bonds is 5. The molecule has 0 radical (unpaired) electrons. The molecule has 1 fully saturated rings. The van der Waals surface area contributed by atoms with Gasteiger partial charge in [0.25, 0.3) is 11.8 Å². The van der Waals surface area contributed by atoms with Gasteiger partial charge in [-0.3, -0.25) is 14.6 Å². The summed E-state index contributed by atoms with van der Waals surface area (Å²) < 4.78 is 0. The van der Waals surface area contributed by atoms with Crippen LogP contribution in [0.25, 0.3) is 11.3 Å². The van der Waals surface area contributed by atoms with Crippen molar-refractivity contribution >= 4 is 17.5 Å². The van der Waals surface area contributed by atoms with Crippen LogP contribution < -0.4 is 5.32 Å². The fourth-order valence-corrected chi connectivity index (χ4v) is 4.03. The average molecular weight is 429 g/mol. The van der Waals surface area contributed by atoms with Crippen molar-refractivity contribution in [3.63, 3.8) is 0 Å². The van der Waals surface area contributed by atoms with E-state index in [9.17, 15) is 9.59 Å². The molecule has 0 aliphatic carbocycles. The van der Waals surface area contributed by atoms with Crippen LogP contribution in [0.3, 0.4) is 0 Å². The maximum Gasteiger partial charge on any atom is 0.276 e. The zero-order chi connectivity index (χ0) is 22.5. The van der Waals surface area contributed by atoms with Gasteiger partial charge >= 0.3 is 0 Å². The molecule has 1 aliphatic heterocycles. The summed E-state index contributed by atoms with van der Waals surface area (Å²) in [7, 11) is 0. The smallest absolute Gasteiger partial charge is 0.276 e. The number of nitrogens with zero attached hydrogens (tertiary/aromatic N) is 3. The van der Waals surface area contributed by atoms with Gasteiger partial charge in [-0.1, -0.05) is 43.7 Å². The highest BCUT2D eigenvalue weighted by atomic mass is 16.2. The van der Waals surface area contributed by atoms with Gasteiger partial charge < -0.3 is 10.2 Å². The zero-order valence-corrected chi connectivity index (χ0v) is 18.5. The molecule has 1 aliphatic rings. The molecule has 0 unspecified atom stereocenters. The highest BCUT2D eigenvalue weighted by molar-refractivity contribution is 6.03. The van der Waals surface area contributed by atoms with Gasteiger partial charge in [0, 0.05) is 29.9 Å². The van der Waals surface area contributed by atoms with E-state index in [2.05, 4.69) is 22.2 Å². The molecule has 3 aromatic rings. The third-order valence-electron chi connectivity index (χ3n) is 6.11. The number of amides is 2. The minimum atomic E-state index is -0.301. The van der Waals surface area contributed by atoms with Crippen molar-refractivity contribution in [1.82, 2.24) is 14.9 Å². The molecule has 164 valence electrons. The fraction of sp³-hybridized carbons (Fsp3) is 0.308. The minimum Gasteiger partial charge on any atom is -0.339 e. The average Bonchev–Trinajstić information content (AvgIpc) is 2.84. The summed E-state index contributed by atoms with van der Waals surface area (Å²) in [4.78, 5) is 36.4. The maximum atomic E-state index is 12.8. The molecule has 2 heterocycles. The number of carbonyl (C=O) groups is 2. The third-order valence-corrected chi connectivity index (χ3v) is 6.11. The molecule has 4 rings (SSSR count). The Morgan fingerprint density at radius 1 is 1.03 bits per heavy atom. The number of benzene rings is 2. The van der Waals surface area contributed by atoms with Crippen molar-refractivity contribution in [1.29, 1.82) is 0 Å². The molecule has 1 aromatic heterocycles. The summed E-state index contributed by atoms with van der Waals surface area (Å²) in [6.07, 6.45) is 4.99. The Morgan fingerprint density at radius 3 is 2.38 bits per heavy atom. The molecular weight excluding hydrogens is 400 g/mol. The summed E-state index contributed by atoms with van der Waals surface area (Å²) in [6.45, 7) is 5.62. The Hall–Kier alpha value is -3.54. The number of piperidine rings is 1. The van der Waals surface area contributed by atoms with Crippen molar-refractivity contribution in [2.75, 3.05) is 18.4 Å². The first kappa shape index (κ1) is 21.7. The van der Waals surface area contributed by atoms with E-state index >= 15 is 0 Å². The second-order valence-corrected chi connectivity index (χ2v) is 8.23. The van der Waals surface area contributed by atoms with Gasteiger partial charge in [0.05, 0.1) is 17.6 Å². The topological polar surface area (TPSA) is 75.2 Å². The number of para-hydroxylation sites is 1. The van der Waals surface area contributed by atoms with Crippen LogP contribution in [0.1, 0.15) is 52.7 Å². The minimum absolute atomic E-state index is 0.0732. The first-order valence-electron chi connectivity index (χ1n) is 11.1. The quantitative estimate of drug-likeness (QED) is 0.623. The lowest BCUT2D eigenvalue weighted by atomic mass is 9.94. The van der Waals surface area contributed by atoms with E-state index in [0.29, 0.717) is 22.6 Å². The molecule has 0 saturated carbocycles. The monoisotopic (exact) mass is 428 g/mol. The lowest BCUT2D eigenvalue weighted by Crippen LogP contribution is -2.38. The van der Waals surface area contributed by atoms with Crippen LogP contribution in [0.15, 0.2) is 60.8 Å². The first-order valence-corrected chi connectivity index (χ1v) is 11.1. The second kappa shape index (κ2) is 9.73. The summed E-state index contributed by atoms with van der Waals surface area (Å²) in [6, 6.07) is 16.6. The molecule has 0 spiro atoms. The number of aromatic nitrogens is 2. The third kappa shape index (κ3) is 4.85. The molecule has 32 heavy (non-hydrogen) atoms. The molecule has 1 N–H and O–H groups in total. The Kier molecular flexibility index (Phi) is 6.59. The van der Waals surface area contributed by atoms with Gasteiger partial charge in [-0.25, -0.2) is 4.98 Å². The number of anilines is 1. The molecule has 1 saturated heterocycles. The fourth-order valence-electron chi connectivity index (χ4n) is 4.03. The van der Waals surface area contributed by atoms with Crippen molar-refractivity contribution in [3.8, 4) is 11.3 Å². The summed E-state index contributed by atoms with van der Waals surface area (Å²) in [5, 5.41) is 2.85. The predicted molar refractivity (Wildman–Crippen MR) is 126 cm³/mol. The van der Waals surface area contributed by atoms with Crippen LogP contribution in [0, 0.1) is 12.8 Å². The normalized spacial score (nSPS) is 14.2. The molecule has 2 aromatic carbocycles. The van der Waals surface area contributed by atoms with Crippen LogP contribution >= 0.6 is 0 Å². The molecule has 6 nitrogen and oxygen atoms in total. The zero-order valence-electron chi connectivity index (χ0n) is 18.5. The van der Waals surface area contributed by atoms with E-state index in [-0.39, 0.29) is 17.5 Å². The van der Waals surface area contributed by atoms with Crippen LogP contribution in [0.4, 0.5) is 5.69 Å². The van der Waals surface area contributed by atoms with E-state index in [1.54, 1.807) is 13.1 Å². The number of hydrogen-bond donors (Lipinski definition) is 1. The van der Waals surface area contributed by atoms with Gasteiger partial charge in [0.1, 0.15) is 5.69 Å². The maximum absolute atomic E-state index is 12.8. The molecular formula is C26H28N4O2. The van der Waals surface area contributed by atoms with Gasteiger partial charge in [0.15, 0.2) is 0 Å². The van der Waals surface area contributed by atoms with E-state index in [1.165, 1.54) is 6.42 Å². The van der Waals surface area contributed by atoms with Crippen molar-refractivity contribution in [3.05, 3.63) is 77.7 Å². The number of carbonyl (C=O) groups excluding carboxylic acids is 2. The molecule has 0 atom stereocenters. The van der Waals surface area contributed by atoms with E-state index in [4.69, 9.17) is 0 Å². The number of hydrogen-bond acceptors (Lipinski definition) is 4. The molecule has 2 amide bonds. The summed E-state index contributed by atoms with van der Waals surface area (Å²) in [5.74, 6) is 0.504. The highest BCUT2D eigenvalue weighted by Gasteiger charge is 2.22. The predicted octanol–water partition coefficient (Wildman–Crippen LogP) is 4.97. The van der Waals surface area contributed by atoms with E-state index in [0.717, 1.165) is 37.4 Å². The Morgan fingerprint density at radius 2 is 1.72 bits per heavy atom.